The van der Waals surface area contributed by atoms with Gasteiger partial charge in [-0.1, -0.05) is 30.5 Å². The van der Waals surface area contributed by atoms with Crippen molar-refractivity contribution in [3.8, 4) is 5.75 Å². The normalized spacial score (nSPS) is 15.2. The molecule has 1 aromatic rings. The number of carbonyl (C=O) groups excluding carboxylic acids is 2. The molecule has 1 fully saturated rings. The van der Waals surface area contributed by atoms with E-state index in [0.29, 0.717) is 17.1 Å². The van der Waals surface area contributed by atoms with E-state index >= 15 is 0 Å². The molecule has 5 heteroatoms. The zero-order valence-corrected chi connectivity index (χ0v) is 11.3. The molecule has 0 radical (unpaired) electrons. The van der Waals surface area contributed by atoms with Crippen molar-refractivity contribution in [2.24, 2.45) is 0 Å². The van der Waals surface area contributed by atoms with Crippen molar-refractivity contribution in [2.45, 2.75) is 31.7 Å². The second-order valence-electron chi connectivity index (χ2n) is 4.61. The van der Waals surface area contributed by atoms with Crippen molar-refractivity contribution in [3.05, 3.63) is 28.8 Å². The summed E-state index contributed by atoms with van der Waals surface area (Å²) in [6.45, 7) is -0.0995. The van der Waals surface area contributed by atoms with Gasteiger partial charge in [0.25, 0.3) is 5.91 Å². The molecule has 1 N–H and O–H groups in total. The first-order valence-electron chi connectivity index (χ1n) is 6.36. The average Bonchev–Trinajstić information content (AvgIpc) is 2.89. The minimum atomic E-state index is -0.163. The van der Waals surface area contributed by atoms with E-state index in [4.69, 9.17) is 16.3 Å². The topological polar surface area (TPSA) is 55.4 Å². The molecular formula is C14H16ClNO3. The summed E-state index contributed by atoms with van der Waals surface area (Å²) in [5, 5.41) is 3.24. The standard InChI is InChI=1S/C14H16ClNO3/c15-12-6-3-7-13(11(12)8-17)19-9-14(18)16-10-4-1-2-5-10/h3,6-8,10H,1-2,4-5,9H2,(H,16,18). The third-order valence-electron chi connectivity index (χ3n) is 3.21. The van der Waals surface area contributed by atoms with Crippen molar-refractivity contribution >= 4 is 23.8 Å². The van der Waals surface area contributed by atoms with E-state index in [2.05, 4.69) is 5.32 Å². The van der Waals surface area contributed by atoms with Crippen LogP contribution in [0.2, 0.25) is 5.02 Å². The highest BCUT2D eigenvalue weighted by Gasteiger charge is 2.17. The summed E-state index contributed by atoms with van der Waals surface area (Å²) in [6, 6.07) is 5.18. The summed E-state index contributed by atoms with van der Waals surface area (Å²) >= 11 is 5.87. The summed E-state index contributed by atoms with van der Waals surface area (Å²) in [5.41, 5.74) is 0.276. The van der Waals surface area contributed by atoms with Crippen LogP contribution in [-0.2, 0) is 4.79 Å². The van der Waals surface area contributed by atoms with E-state index in [-0.39, 0.29) is 24.1 Å². The third-order valence-corrected chi connectivity index (χ3v) is 3.54. The molecule has 0 atom stereocenters. The smallest absolute Gasteiger partial charge is 0.258 e. The van der Waals surface area contributed by atoms with Crippen molar-refractivity contribution in [3.63, 3.8) is 0 Å². The zero-order chi connectivity index (χ0) is 13.7. The molecule has 0 aliphatic heterocycles. The van der Waals surface area contributed by atoms with Gasteiger partial charge >= 0.3 is 0 Å². The Bertz CT molecular complexity index is 470. The van der Waals surface area contributed by atoms with Gasteiger partial charge < -0.3 is 10.1 Å². The minimum absolute atomic E-state index is 0.0995. The molecule has 1 aromatic carbocycles. The van der Waals surface area contributed by atoms with Crippen molar-refractivity contribution in [2.75, 3.05) is 6.61 Å². The number of nitrogens with one attached hydrogen (secondary N) is 1. The SMILES string of the molecule is O=Cc1c(Cl)cccc1OCC(=O)NC1CCCC1. The fourth-order valence-corrected chi connectivity index (χ4v) is 2.45. The molecule has 0 spiro atoms. The lowest BCUT2D eigenvalue weighted by atomic mass is 10.2. The Kier molecular flexibility index (Phi) is 4.80. The van der Waals surface area contributed by atoms with E-state index in [0.717, 1.165) is 25.7 Å². The van der Waals surface area contributed by atoms with Gasteiger partial charge in [-0.2, -0.15) is 0 Å². The van der Waals surface area contributed by atoms with Crippen LogP contribution in [0.1, 0.15) is 36.0 Å². The highest BCUT2D eigenvalue weighted by atomic mass is 35.5. The van der Waals surface area contributed by atoms with Crippen LogP contribution in [0.4, 0.5) is 0 Å². The lowest BCUT2D eigenvalue weighted by molar-refractivity contribution is -0.123. The number of rotatable bonds is 5. The Morgan fingerprint density at radius 2 is 2.16 bits per heavy atom. The fraction of sp³-hybridized carbons (Fsp3) is 0.429. The van der Waals surface area contributed by atoms with Crippen LogP contribution in [0.25, 0.3) is 0 Å². The van der Waals surface area contributed by atoms with Crippen LogP contribution < -0.4 is 10.1 Å². The van der Waals surface area contributed by atoms with E-state index < -0.39 is 0 Å². The highest BCUT2D eigenvalue weighted by Crippen LogP contribution is 2.24. The maximum absolute atomic E-state index is 11.7. The number of hydrogen-bond acceptors (Lipinski definition) is 3. The largest absolute Gasteiger partial charge is 0.483 e. The fourth-order valence-electron chi connectivity index (χ4n) is 2.24. The minimum Gasteiger partial charge on any atom is -0.483 e. The van der Waals surface area contributed by atoms with Crippen LogP contribution in [0.5, 0.6) is 5.75 Å². The maximum Gasteiger partial charge on any atom is 0.258 e. The molecule has 1 amide bonds. The van der Waals surface area contributed by atoms with Crippen molar-refractivity contribution in [1.29, 1.82) is 0 Å². The van der Waals surface area contributed by atoms with Gasteiger partial charge in [0.15, 0.2) is 12.9 Å². The van der Waals surface area contributed by atoms with E-state index in [1.165, 1.54) is 0 Å². The lowest BCUT2D eigenvalue weighted by Gasteiger charge is -2.13. The van der Waals surface area contributed by atoms with E-state index in [9.17, 15) is 9.59 Å². The van der Waals surface area contributed by atoms with Crippen LogP contribution in [0.3, 0.4) is 0 Å². The number of ether oxygens (including phenoxy) is 1. The number of carbonyl (C=O) groups is 2. The molecule has 0 heterocycles. The van der Waals surface area contributed by atoms with Crippen LogP contribution in [0, 0.1) is 0 Å². The predicted octanol–water partition coefficient (Wildman–Crippen LogP) is 2.59. The van der Waals surface area contributed by atoms with Crippen molar-refractivity contribution < 1.29 is 14.3 Å². The molecule has 0 saturated heterocycles. The van der Waals surface area contributed by atoms with Gasteiger partial charge in [0.05, 0.1) is 10.6 Å². The molecule has 1 aliphatic carbocycles. The Labute approximate surface area is 117 Å². The maximum atomic E-state index is 11.7. The molecule has 1 saturated carbocycles. The Hall–Kier alpha value is -1.55. The predicted molar refractivity (Wildman–Crippen MR) is 72.7 cm³/mol. The van der Waals surface area contributed by atoms with Gasteiger partial charge in [0.2, 0.25) is 0 Å². The first kappa shape index (κ1) is 13.9. The third kappa shape index (κ3) is 3.70. The van der Waals surface area contributed by atoms with Gasteiger partial charge in [0.1, 0.15) is 5.75 Å². The number of hydrogen-bond donors (Lipinski definition) is 1. The van der Waals surface area contributed by atoms with Crippen LogP contribution >= 0.6 is 11.6 Å². The Morgan fingerprint density at radius 1 is 1.42 bits per heavy atom. The number of halogens is 1. The van der Waals surface area contributed by atoms with Gasteiger partial charge in [-0.3, -0.25) is 9.59 Å². The highest BCUT2D eigenvalue weighted by molar-refractivity contribution is 6.33. The molecule has 0 unspecified atom stereocenters. The van der Waals surface area contributed by atoms with E-state index in [1.54, 1.807) is 18.2 Å². The monoisotopic (exact) mass is 281 g/mol. The summed E-state index contributed by atoms with van der Waals surface area (Å²) < 4.78 is 5.35. The molecule has 0 bridgehead atoms. The van der Waals surface area contributed by atoms with Gasteiger partial charge in [-0.15, -0.1) is 0 Å². The summed E-state index contributed by atoms with van der Waals surface area (Å²) in [4.78, 5) is 22.6. The second kappa shape index (κ2) is 6.57. The molecule has 102 valence electrons. The van der Waals surface area contributed by atoms with Crippen molar-refractivity contribution in [1.82, 2.24) is 5.32 Å². The number of benzene rings is 1. The Morgan fingerprint density at radius 3 is 2.84 bits per heavy atom. The summed E-state index contributed by atoms with van der Waals surface area (Å²) in [7, 11) is 0. The van der Waals surface area contributed by atoms with Crippen LogP contribution in [0.15, 0.2) is 18.2 Å². The second-order valence-corrected chi connectivity index (χ2v) is 5.01. The molecule has 1 aliphatic rings. The summed E-state index contributed by atoms with van der Waals surface area (Å²) in [6.07, 6.45) is 5.02. The van der Waals surface area contributed by atoms with Gasteiger partial charge in [0, 0.05) is 6.04 Å². The first-order chi connectivity index (χ1) is 9.20. The zero-order valence-electron chi connectivity index (χ0n) is 10.5. The number of amides is 1. The quantitative estimate of drug-likeness (QED) is 0.844. The van der Waals surface area contributed by atoms with Gasteiger partial charge in [-0.05, 0) is 25.0 Å². The first-order valence-corrected chi connectivity index (χ1v) is 6.74. The molecule has 0 aromatic heterocycles. The number of aldehydes is 1. The molecule has 4 nitrogen and oxygen atoms in total. The van der Waals surface area contributed by atoms with Gasteiger partial charge in [-0.25, -0.2) is 0 Å². The summed E-state index contributed by atoms with van der Waals surface area (Å²) in [5.74, 6) is 0.174. The average molecular weight is 282 g/mol. The molecular weight excluding hydrogens is 266 g/mol. The Balaban J connectivity index is 1.89. The molecule has 19 heavy (non-hydrogen) atoms. The lowest BCUT2D eigenvalue weighted by Crippen LogP contribution is -2.36. The van der Waals surface area contributed by atoms with E-state index in [1.807, 2.05) is 0 Å². The molecule has 2 rings (SSSR count). The van der Waals surface area contributed by atoms with Crippen LogP contribution in [-0.4, -0.2) is 24.8 Å².